The van der Waals surface area contributed by atoms with Gasteiger partial charge in [0, 0.05) is 13.0 Å². The van der Waals surface area contributed by atoms with E-state index in [9.17, 15) is 14.7 Å². The fraction of sp³-hybridized carbons (Fsp3) is 0.556. The molecule has 1 unspecified atom stereocenters. The van der Waals surface area contributed by atoms with Crippen LogP contribution in [0.2, 0.25) is 0 Å². The molecular weight excluding hydrogens is 186 g/mol. The minimum Gasteiger partial charge on any atom is -0.512 e. The van der Waals surface area contributed by atoms with Gasteiger partial charge in [-0.3, -0.25) is 4.79 Å². The number of aliphatic hydroxyl groups excluding tert-OH is 1. The molecule has 0 fully saturated rings. The summed E-state index contributed by atoms with van der Waals surface area (Å²) in [5, 5.41) is 12.3. The standard InChI is InChI=1S/C9H13NO4/c1-5(11)8-7(9(13)14-2)6(12)3-4-10-8/h8,10,12H,3-4H2,1-2H3. The Morgan fingerprint density at radius 3 is 2.71 bits per heavy atom. The first-order valence-electron chi connectivity index (χ1n) is 4.32. The molecule has 0 saturated heterocycles. The van der Waals surface area contributed by atoms with Crippen molar-refractivity contribution in [3.8, 4) is 0 Å². The number of Topliss-reactive ketones (excluding diaryl/α,β-unsaturated/α-hetero) is 1. The van der Waals surface area contributed by atoms with Gasteiger partial charge in [-0.2, -0.15) is 0 Å². The number of ether oxygens (including phenoxy) is 1. The van der Waals surface area contributed by atoms with E-state index < -0.39 is 12.0 Å². The minimum absolute atomic E-state index is 0.0336. The van der Waals surface area contributed by atoms with Gasteiger partial charge in [0.05, 0.1) is 12.7 Å². The minimum atomic E-state index is -0.740. The van der Waals surface area contributed by atoms with E-state index in [1.807, 2.05) is 0 Å². The molecule has 0 radical (unpaired) electrons. The molecule has 0 saturated carbocycles. The van der Waals surface area contributed by atoms with E-state index in [0.717, 1.165) is 0 Å². The Bertz CT molecular complexity index is 295. The van der Waals surface area contributed by atoms with Gasteiger partial charge >= 0.3 is 5.97 Å². The quantitative estimate of drug-likeness (QED) is 0.608. The van der Waals surface area contributed by atoms with Crippen LogP contribution in [-0.2, 0) is 14.3 Å². The van der Waals surface area contributed by atoms with Crippen LogP contribution in [-0.4, -0.2) is 36.6 Å². The summed E-state index contributed by atoms with van der Waals surface area (Å²) in [6.07, 6.45) is 0.341. The summed E-state index contributed by atoms with van der Waals surface area (Å²) in [4.78, 5) is 22.4. The second-order valence-electron chi connectivity index (χ2n) is 3.10. The van der Waals surface area contributed by atoms with E-state index >= 15 is 0 Å². The third kappa shape index (κ3) is 1.93. The van der Waals surface area contributed by atoms with E-state index in [1.165, 1.54) is 14.0 Å². The van der Waals surface area contributed by atoms with Crippen molar-refractivity contribution in [1.29, 1.82) is 0 Å². The van der Waals surface area contributed by atoms with Gasteiger partial charge in [0.25, 0.3) is 0 Å². The molecule has 2 N–H and O–H groups in total. The predicted octanol–water partition coefficient (Wildman–Crippen LogP) is -0.0776. The number of carbonyl (C=O) groups excluding carboxylic acids is 2. The average Bonchev–Trinajstić information content (AvgIpc) is 2.16. The van der Waals surface area contributed by atoms with Gasteiger partial charge in [-0.05, 0) is 6.92 Å². The molecular formula is C9H13NO4. The molecule has 14 heavy (non-hydrogen) atoms. The molecule has 0 aromatic carbocycles. The lowest BCUT2D eigenvalue weighted by Gasteiger charge is -2.23. The maximum Gasteiger partial charge on any atom is 0.339 e. The first-order valence-corrected chi connectivity index (χ1v) is 4.32. The zero-order chi connectivity index (χ0) is 10.7. The molecule has 1 rings (SSSR count). The van der Waals surface area contributed by atoms with Crippen LogP contribution in [0.4, 0.5) is 0 Å². The third-order valence-corrected chi connectivity index (χ3v) is 2.12. The lowest BCUT2D eigenvalue weighted by molar-refractivity contribution is -0.138. The Kier molecular flexibility index (Phi) is 3.24. The van der Waals surface area contributed by atoms with Gasteiger partial charge in [-0.25, -0.2) is 4.79 Å². The Hall–Kier alpha value is -1.36. The molecule has 78 valence electrons. The van der Waals surface area contributed by atoms with E-state index in [2.05, 4.69) is 10.1 Å². The molecule has 0 aliphatic carbocycles. The topological polar surface area (TPSA) is 75.6 Å². The number of ketones is 1. The van der Waals surface area contributed by atoms with Crippen LogP contribution in [0.25, 0.3) is 0 Å². The van der Waals surface area contributed by atoms with Crippen molar-refractivity contribution < 1.29 is 19.4 Å². The van der Waals surface area contributed by atoms with E-state index in [-0.39, 0.29) is 17.1 Å². The van der Waals surface area contributed by atoms with Crippen molar-refractivity contribution >= 4 is 11.8 Å². The average molecular weight is 199 g/mol. The number of aliphatic hydroxyl groups is 1. The summed E-state index contributed by atoms with van der Waals surface area (Å²) in [6, 6.07) is -0.740. The van der Waals surface area contributed by atoms with Gasteiger partial charge in [-0.15, -0.1) is 0 Å². The fourth-order valence-electron chi connectivity index (χ4n) is 1.43. The van der Waals surface area contributed by atoms with E-state index in [4.69, 9.17) is 0 Å². The highest BCUT2D eigenvalue weighted by Crippen LogP contribution is 2.17. The number of hydrogen-bond donors (Lipinski definition) is 2. The van der Waals surface area contributed by atoms with Crippen molar-refractivity contribution in [2.45, 2.75) is 19.4 Å². The number of carbonyl (C=O) groups is 2. The van der Waals surface area contributed by atoms with Gasteiger partial charge < -0.3 is 15.2 Å². The molecule has 1 aliphatic rings. The summed E-state index contributed by atoms with van der Waals surface area (Å²) in [6.45, 7) is 1.84. The first kappa shape index (κ1) is 10.7. The molecule has 5 heteroatoms. The number of nitrogens with one attached hydrogen (secondary N) is 1. The Morgan fingerprint density at radius 1 is 1.57 bits per heavy atom. The lowest BCUT2D eigenvalue weighted by atomic mass is 9.97. The second-order valence-corrected chi connectivity index (χ2v) is 3.10. The monoisotopic (exact) mass is 199 g/mol. The Morgan fingerprint density at radius 2 is 2.21 bits per heavy atom. The zero-order valence-electron chi connectivity index (χ0n) is 8.16. The van der Waals surface area contributed by atoms with Crippen molar-refractivity contribution in [1.82, 2.24) is 5.32 Å². The summed E-state index contributed by atoms with van der Waals surface area (Å²) in [5.74, 6) is -0.928. The number of methoxy groups -OCH3 is 1. The molecule has 1 heterocycles. The normalized spacial score (nSPS) is 22.0. The van der Waals surface area contributed by atoms with Crippen molar-refractivity contribution in [2.75, 3.05) is 13.7 Å². The predicted molar refractivity (Wildman–Crippen MR) is 48.8 cm³/mol. The van der Waals surface area contributed by atoms with Crippen LogP contribution < -0.4 is 5.32 Å². The van der Waals surface area contributed by atoms with Crippen LogP contribution in [0.5, 0.6) is 0 Å². The SMILES string of the molecule is COC(=O)C1=C(O)CCNC1C(C)=O. The van der Waals surface area contributed by atoms with Crippen LogP contribution >= 0.6 is 0 Å². The largest absolute Gasteiger partial charge is 0.512 e. The maximum atomic E-state index is 11.3. The van der Waals surface area contributed by atoms with Gasteiger partial charge in [0.1, 0.15) is 11.8 Å². The van der Waals surface area contributed by atoms with E-state index in [1.54, 1.807) is 0 Å². The summed E-state index contributed by atoms with van der Waals surface area (Å²) >= 11 is 0. The van der Waals surface area contributed by atoms with Crippen LogP contribution in [0.1, 0.15) is 13.3 Å². The molecule has 5 nitrogen and oxygen atoms in total. The maximum absolute atomic E-state index is 11.3. The highest BCUT2D eigenvalue weighted by atomic mass is 16.5. The molecule has 0 spiro atoms. The highest BCUT2D eigenvalue weighted by molar-refractivity contribution is 6.00. The van der Waals surface area contributed by atoms with Crippen LogP contribution in [0.15, 0.2) is 11.3 Å². The Balaban J connectivity index is 3.02. The third-order valence-electron chi connectivity index (χ3n) is 2.12. The zero-order valence-corrected chi connectivity index (χ0v) is 8.16. The van der Waals surface area contributed by atoms with Gasteiger partial charge in [0.2, 0.25) is 0 Å². The van der Waals surface area contributed by atoms with Gasteiger partial charge in [0.15, 0.2) is 5.78 Å². The van der Waals surface area contributed by atoms with Gasteiger partial charge in [-0.1, -0.05) is 0 Å². The number of hydrogen-bond acceptors (Lipinski definition) is 5. The van der Waals surface area contributed by atoms with Crippen LogP contribution in [0.3, 0.4) is 0 Å². The summed E-state index contributed by atoms with van der Waals surface area (Å²) in [7, 11) is 1.22. The molecule has 0 bridgehead atoms. The second kappa shape index (κ2) is 4.23. The molecule has 1 aliphatic heterocycles. The Labute approximate surface area is 81.7 Å². The van der Waals surface area contributed by atoms with E-state index in [0.29, 0.717) is 13.0 Å². The van der Waals surface area contributed by atoms with Crippen molar-refractivity contribution in [2.24, 2.45) is 0 Å². The molecule has 0 amide bonds. The number of esters is 1. The lowest BCUT2D eigenvalue weighted by Crippen LogP contribution is -2.44. The van der Waals surface area contributed by atoms with Crippen molar-refractivity contribution in [3.05, 3.63) is 11.3 Å². The van der Waals surface area contributed by atoms with Crippen LogP contribution in [0, 0.1) is 0 Å². The number of rotatable bonds is 2. The summed E-state index contributed by atoms with van der Waals surface area (Å²) < 4.78 is 4.49. The fourth-order valence-corrected chi connectivity index (χ4v) is 1.43. The molecule has 0 aromatic rings. The summed E-state index contributed by atoms with van der Waals surface area (Å²) in [5.41, 5.74) is 0.0336. The molecule has 1 atom stereocenters. The van der Waals surface area contributed by atoms with Crippen molar-refractivity contribution in [3.63, 3.8) is 0 Å². The smallest absolute Gasteiger partial charge is 0.339 e. The molecule has 0 aromatic heterocycles. The first-order chi connectivity index (χ1) is 6.57. The highest BCUT2D eigenvalue weighted by Gasteiger charge is 2.31.